The number of thiazole rings is 1. The fraction of sp³-hybridized carbons (Fsp3) is 0.167. The molecule has 0 spiro atoms. The van der Waals surface area contributed by atoms with Crippen molar-refractivity contribution in [3.63, 3.8) is 0 Å². The zero-order chi connectivity index (χ0) is 19.8. The zero-order valence-corrected chi connectivity index (χ0v) is 17.6. The number of amides is 1. The molecule has 29 heavy (non-hydrogen) atoms. The van der Waals surface area contributed by atoms with Gasteiger partial charge in [-0.1, -0.05) is 53.8 Å². The standard InChI is InChI=1S/C24H20N2OS2/c1-15-6-9-17(10-7-15)24-25-14-18(28-24)12-16-8-11-22-20(13-16)26-23(27)19-4-2-3-5-21(19)29-22/h2-9,11,13-14,17H,10,12H2,1H3,(H,26,27). The number of nitrogens with one attached hydrogen (secondary N) is 1. The van der Waals surface area contributed by atoms with Crippen molar-refractivity contribution in [1.82, 2.24) is 4.98 Å². The second kappa shape index (κ2) is 7.65. The molecule has 2 aromatic carbocycles. The van der Waals surface area contributed by atoms with Crippen LogP contribution in [0.2, 0.25) is 0 Å². The van der Waals surface area contributed by atoms with E-state index in [2.05, 4.69) is 53.7 Å². The average molecular weight is 417 g/mol. The number of benzene rings is 2. The first kappa shape index (κ1) is 18.4. The van der Waals surface area contributed by atoms with Crippen LogP contribution in [0.5, 0.6) is 0 Å². The quantitative estimate of drug-likeness (QED) is 0.534. The highest BCUT2D eigenvalue weighted by Crippen LogP contribution is 2.39. The lowest BCUT2D eigenvalue weighted by molar-refractivity contribution is 0.102. The monoisotopic (exact) mass is 416 g/mol. The van der Waals surface area contributed by atoms with Crippen molar-refractivity contribution in [3.05, 3.63) is 93.5 Å². The molecule has 1 unspecified atom stereocenters. The Bertz CT molecular complexity index is 1160. The van der Waals surface area contributed by atoms with Crippen LogP contribution in [0.3, 0.4) is 0 Å². The second-order valence-electron chi connectivity index (χ2n) is 7.37. The SMILES string of the molecule is CC1=CCC(c2ncc(Cc3ccc4c(c3)NC(=O)c3ccccc3S4)s2)C=C1. The van der Waals surface area contributed by atoms with Gasteiger partial charge in [0.15, 0.2) is 0 Å². The zero-order valence-electron chi connectivity index (χ0n) is 16.0. The Morgan fingerprint density at radius 3 is 2.93 bits per heavy atom. The van der Waals surface area contributed by atoms with Gasteiger partial charge in [0.2, 0.25) is 0 Å². The lowest BCUT2D eigenvalue weighted by atomic mass is 9.98. The number of fused-ring (bicyclic) bond motifs is 2. The molecule has 3 aromatic rings. The third kappa shape index (κ3) is 3.80. The second-order valence-corrected chi connectivity index (χ2v) is 9.60. The predicted molar refractivity (Wildman–Crippen MR) is 120 cm³/mol. The fourth-order valence-electron chi connectivity index (χ4n) is 3.61. The lowest BCUT2D eigenvalue weighted by Gasteiger charge is -2.11. The minimum absolute atomic E-state index is 0.0449. The molecule has 2 heterocycles. The molecule has 2 aliphatic rings. The van der Waals surface area contributed by atoms with Gasteiger partial charge in [-0.05, 0) is 43.2 Å². The summed E-state index contributed by atoms with van der Waals surface area (Å²) in [6.07, 6.45) is 10.6. The summed E-state index contributed by atoms with van der Waals surface area (Å²) in [5.41, 5.74) is 4.12. The van der Waals surface area contributed by atoms with Crippen LogP contribution in [0.1, 0.15) is 45.1 Å². The summed E-state index contributed by atoms with van der Waals surface area (Å²) >= 11 is 3.42. The molecule has 5 rings (SSSR count). The molecule has 0 bridgehead atoms. The Kier molecular flexibility index (Phi) is 4.86. The van der Waals surface area contributed by atoms with Gasteiger partial charge in [0.05, 0.1) is 16.3 Å². The Balaban J connectivity index is 1.36. The summed E-state index contributed by atoms with van der Waals surface area (Å²) in [6, 6.07) is 14.1. The maximum atomic E-state index is 12.6. The molecule has 0 saturated carbocycles. The Hall–Kier alpha value is -2.63. The van der Waals surface area contributed by atoms with Gasteiger partial charge in [-0.2, -0.15) is 0 Å². The van der Waals surface area contributed by atoms with Crippen LogP contribution < -0.4 is 5.32 Å². The van der Waals surface area contributed by atoms with E-state index in [0.717, 1.165) is 33.9 Å². The first-order valence-electron chi connectivity index (χ1n) is 9.66. The number of nitrogens with zero attached hydrogens (tertiary/aromatic N) is 1. The average Bonchev–Trinajstić information content (AvgIpc) is 3.13. The summed E-state index contributed by atoms with van der Waals surface area (Å²) in [5, 5.41) is 4.25. The minimum Gasteiger partial charge on any atom is -0.321 e. The Labute approximate surface area is 178 Å². The van der Waals surface area contributed by atoms with E-state index in [1.165, 1.54) is 21.0 Å². The molecule has 144 valence electrons. The van der Waals surface area contributed by atoms with Gasteiger partial charge >= 0.3 is 0 Å². The predicted octanol–water partition coefficient (Wildman–Crippen LogP) is 6.44. The van der Waals surface area contributed by atoms with E-state index in [0.29, 0.717) is 5.92 Å². The molecule has 5 heteroatoms. The largest absolute Gasteiger partial charge is 0.321 e. The van der Waals surface area contributed by atoms with E-state index in [-0.39, 0.29) is 5.91 Å². The smallest absolute Gasteiger partial charge is 0.256 e. The molecule has 0 radical (unpaired) electrons. The van der Waals surface area contributed by atoms with Crippen molar-refractivity contribution in [1.29, 1.82) is 0 Å². The summed E-state index contributed by atoms with van der Waals surface area (Å²) in [5.74, 6) is 0.343. The maximum Gasteiger partial charge on any atom is 0.256 e. The van der Waals surface area contributed by atoms with Crippen LogP contribution in [0.4, 0.5) is 5.69 Å². The molecular weight excluding hydrogens is 396 g/mol. The molecular formula is C24H20N2OS2. The topological polar surface area (TPSA) is 42.0 Å². The van der Waals surface area contributed by atoms with E-state index in [4.69, 9.17) is 0 Å². The van der Waals surface area contributed by atoms with Crippen LogP contribution in [0.25, 0.3) is 0 Å². The third-order valence-electron chi connectivity index (χ3n) is 5.20. The lowest BCUT2D eigenvalue weighted by Crippen LogP contribution is -2.11. The van der Waals surface area contributed by atoms with Crippen LogP contribution in [-0.2, 0) is 6.42 Å². The number of allylic oxidation sites excluding steroid dienone is 4. The van der Waals surface area contributed by atoms with Crippen molar-refractivity contribution in [3.8, 4) is 0 Å². The van der Waals surface area contributed by atoms with Crippen molar-refractivity contribution in [2.75, 3.05) is 5.32 Å². The Morgan fingerprint density at radius 2 is 2.07 bits per heavy atom. The van der Waals surface area contributed by atoms with Crippen molar-refractivity contribution >= 4 is 34.7 Å². The van der Waals surface area contributed by atoms with Crippen molar-refractivity contribution in [2.24, 2.45) is 0 Å². The van der Waals surface area contributed by atoms with Gasteiger partial charge in [0.25, 0.3) is 5.91 Å². The van der Waals surface area contributed by atoms with Gasteiger partial charge in [0, 0.05) is 33.2 Å². The van der Waals surface area contributed by atoms with Crippen molar-refractivity contribution < 1.29 is 4.79 Å². The number of aromatic nitrogens is 1. The van der Waals surface area contributed by atoms with E-state index < -0.39 is 0 Å². The maximum absolute atomic E-state index is 12.6. The summed E-state index contributed by atoms with van der Waals surface area (Å²) in [7, 11) is 0. The first-order valence-corrected chi connectivity index (χ1v) is 11.3. The van der Waals surface area contributed by atoms with Crippen LogP contribution in [-0.4, -0.2) is 10.9 Å². The molecule has 1 aliphatic heterocycles. The summed E-state index contributed by atoms with van der Waals surface area (Å²) < 4.78 is 0. The van der Waals surface area contributed by atoms with Gasteiger partial charge < -0.3 is 5.32 Å². The van der Waals surface area contributed by atoms with Crippen LogP contribution in [0, 0.1) is 0 Å². The molecule has 1 aliphatic carbocycles. The molecule has 1 aromatic heterocycles. The molecule has 1 amide bonds. The molecule has 1 N–H and O–H groups in total. The normalized spacial score (nSPS) is 17.8. The number of carbonyl (C=O) groups is 1. The first-order chi connectivity index (χ1) is 14.2. The Morgan fingerprint density at radius 1 is 1.17 bits per heavy atom. The van der Waals surface area contributed by atoms with Crippen LogP contribution in [0.15, 0.2) is 82.3 Å². The molecule has 0 fully saturated rings. The number of hydrogen-bond acceptors (Lipinski definition) is 4. The van der Waals surface area contributed by atoms with Gasteiger partial charge in [0.1, 0.15) is 0 Å². The van der Waals surface area contributed by atoms with Crippen LogP contribution >= 0.6 is 23.1 Å². The number of rotatable bonds is 3. The summed E-state index contributed by atoms with van der Waals surface area (Å²) in [4.78, 5) is 20.6. The molecule has 1 atom stereocenters. The minimum atomic E-state index is -0.0449. The third-order valence-corrected chi connectivity index (χ3v) is 7.48. The van der Waals surface area contributed by atoms with E-state index >= 15 is 0 Å². The highest BCUT2D eigenvalue weighted by molar-refractivity contribution is 7.99. The van der Waals surface area contributed by atoms with Gasteiger partial charge in [-0.25, -0.2) is 4.98 Å². The molecule has 0 saturated heterocycles. The highest BCUT2D eigenvalue weighted by atomic mass is 32.2. The number of hydrogen-bond donors (Lipinski definition) is 1. The molecule has 3 nitrogen and oxygen atoms in total. The number of anilines is 1. The summed E-state index contributed by atoms with van der Waals surface area (Å²) in [6.45, 7) is 2.13. The van der Waals surface area contributed by atoms with E-state index in [9.17, 15) is 4.79 Å². The van der Waals surface area contributed by atoms with Crippen molar-refractivity contribution in [2.45, 2.75) is 35.5 Å². The van der Waals surface area contributed by atoms with E-state index in [1.807, 2.05) is 30.5 Å². The van der Waals surface area contributed by atoms with Gasteiger partial charge in [-0.15, -0.1) is 11.3 Å². The highest BCUT2D eigenvalue weighted by Gasteiger charge is 2.20. The number of carbonyl (C=O) groups excluding carboxylic acids is 1. The fourth-order valence-corrected chi connectivity index (χ4v) is 5.67. The van der Waals surface area contributed by atoms with E-state index in [1.54, 1.807) is 23.1 Å². The van der Waals surface area contributed by atoms with Gasteiger partial charge in [-0.3, -0.25) is 4.79 Å².